The number of nitrogens with zero attached hydrogens (tertiary/aromatic N) is 1. The Hall–Kier alpha value is -0.810. The maximum atomic E-state index is 12.0. The number of hydrogen-bond acceptors (Lipinski definition) is 3. The Bertz CT molecular complexity index is 464. The van der Waals surface area contributed by atoms with Crippen LogP contribution in [0.3, 0.4) is 0 Å². The molecule has 1 aromatic heterocycles. The van der Waals surface area contributed by atoms with Crippen LogP contribution in [0.15, 0.2) is 15.5 Å². The van der Waals surface area contributed by atoms with Crippen LogP contribution in [0.5, 0.6) is 0 Å². The molecule has 0 aromatic carbocycles. The smallest absolute Gasteiger partial charge is 0.274 e. The van der Waals surface area contributed by atoms with Crippen molar-refractivity contribution in [1.82, 2.24) is 4.57 Å². The first kappa shape index (κ1) is 12.6. The normalized spacial score (nSPS) is 17.3. The van der Waals surface area contributed by atoms with Gasteiger partial charge in [-0.05, 0) is 47.2 Å². The van der Waals surface area contributed by atoms with Gasteiger partial charge in [-0.25, -0.2) is 0 Å². The Morgan fingerprint density at radius 2 is 2.18 bits per heavy atom. The molecular weight excluding hydrogens is 284 g/mol. The molecule has 1 aliphatic rings. The van der Waals surface area contributed by atoms with Crippen molar-refractivity contribution >= 4 is 21.6 Å². The maximum absolute atomic E-state index is 12.0. The van der Waals surface area contributed by atoms with Crippen LogP contribution in [0, 0.1) is 12.8 Å². The molecule has 1 fully saturated rings. The minimum Gasteiger partial charge on any atom is -0.394 e. The van der Waals surface area contributed by atoms with E-state index in [1.807, 2.05) is 13.1 Å². The molecule has 0 aliphatic carbocycles. The van der Waals surface area contributed by atoms with Gasteiger partial charge in [0.05, 0.1) is 0 Å². The minimum atomic E-state index is -0.0859. The number of halogens is 1. The van der Waals surface area contributed by atoms with Crippen LogP contribution in [0.25, 0.3) is 0 Å². The number of rotatable bonds is 2. The molecule has 1 aromatic rings. The molecule has 94 valence electrons. The SMILES string of the molecule is Cc1c(Br)cn(CC2CCOCC2)c(=O)c1N. The van der Waals surface area contributed by atoms with E-state index >= 15 is 0 Å². The van der Waals surface area contributed by atoms with Crippen molar-refractivity contribution in [1.29, 1.82) is 0 Å². The van der Waals surface area contributed by atoms with E-state index in [1.54, 1.807) is 4.57 Å². The zero-order valence-electron chi connectivity index (χ0n) is 9.91. The summed E-state index contributed by atoms with van der Waals surface area (Å²) in [6, 6.07) is 0. The first-order chi connectivity index (χ1) is 8.09. The van der Waals surface area contributed by atoms with Crippen LogP contribution in [0.1, 0.15) is 18.4 Å². The van der Waals surface area contributed by atoms with E-state index in [4.69, 9.17) is 10.5 Å². The van der Waals surface area contributed by atoms with Crippen molar-refractivity contribution in [2.45, 2.75) is 26.3 Å². The van der Waals surface area contributed by atoms with Crippen molar-refractivity contribution in [3.63, 3.8) is 0 Å². The lowest BCUT2D eigenvalue weighted by Crippen LogP contribution is -2.29. The molecule has 2 heterocycles. The van der Waals surface area contributed by atoms with Gasteiger partial charge in [0.15, 0.2) is 0 Å². The molecule has 17 heavy (non-hydrogen) atoms. The van der Waals surface area contributed by atoms with Crippen molar-refractivity contribution in [3.8, 4) is 0 Å². The van der Waals surface area contributed by atoms with Gasteiger partial charge in [0.25, 0.3) is 5.56 Å². The topological polar surface area (TPSA) is 57.2 Å². The average Bonchev–Trinajstić information content (AvgIpc) is 2.35. The summed E-state index contributed by atoms with van der Waals surface area (Å²) >= 11 is 3.43. The van der Waals surface area contributed by atoms with E-state index in [9.17, 15) is 4.79 Å². The number of nitrogen functional groups attached to an aromatic ring is 1. The fraction of sp³-hybridized carbons (Fsp3) is 0.583. The Labute approximate surface area is 109 Å². The Balaban J connectivity index is 2.23. The first-order valence-corrected chi connectivity index (χ1v) is 6.61. The van der Waals surface area contributed by atoms with Crippen LogP contribution in [0.4, 0.5) is 5.69 Å². The second-order valence-corrected chi connectivity index (χ2v) is 5.38. The first-order valence-electron chi connectivity index (χ1n) is 5.82. The van der Waals surface area contributed by atoms with Gasteiger partial charge in [-0.15, -0.1) is 0 Å². The van der Waals surface area contributed by atoms with Crippen LogP contribution in [-0.2, 0) is 11.3 Å². The fourth-order valence-corrected chi connectivity index (χ4v) is 2.54. The highest BCUT2D eigenvalue weighted by Crippen LogP contribution is 2.21. The van der Waals surface area contributed by atoms with Gasteiger partial charge in [0.2, 0.25) is 0 Å². The fourth-order valence-electron chi connectivity index (χ4n) is 2.08. The summed E-state index contributed by atoms with van der Waals surface area (Å²) in [4.78, 5) is 12.0. The summed E-state index contributed by atoms with van der Waals surface area (Å²) in [5.41, 5.74) is 6.87. The lowest BCUT2D eigenvalue weighted by atomic mass is 10.0. The number of ether oxygens (including phenoxy) is 1. The lowest BCUT2D eigenvalue weighted by molar-refractivity contribution is 0.0609. The van der Waals surface area contributed by atoms with E-state index < -0.39 is 0 Å². The van der Waals surface area contributed by atoms with E-state index in [2.05, 4.69) is 15.9 Å². The molecule has 0 atom stereocenters. The third-order valence-corrected chi connectivity index (χ3v) is 4.12. The average molecular weight is 301 g/mol. The van der Waals surface area contributed by atoms with E-state index in [1.165, 1.54) is 0 Å². The largest absolute Gasteiger partial charge is 0.394 e. The molecule has 0 amide bonds. The van der Waals surface area contributed by atoms with Crippen LogP contribution < -0.4 is 11.3 Å². The Morgan fingerprint density at radius 3 is 2.82 bits per heavy atom. The van der Waals surface area contributed by atoms with Crippen molar-refractivity contribution in [3.05, 3.63) is 26.6 Å². The van der Waals surface area contributed by atoms with E-state index in [0.29, 0.717) is 11.6 Å². The number of hydrogen-bond donors (Lipinski definition) is 1. The van der Waals surface area contributed by atoms with Gasteiger partial charge in [-0.1, -0.05) is 0 Å². The molecule has 0 radical (unpaired) electrons. The molecule has 1 aliphatic heterocycles. The Kier molecular flexibility index (Phi) is 3.89. The number of nitrogens with two attached hydrogens (primary N) is 1. The number of aromatic nitrogens is 1. The standard InChI is InChI=1S/C12H17BrN2O2/c1-8-10(13)7-15(12(16)11(8)14)6-9-2-4-17-5-3-9/h7,9H,2-6,14H2,1H3. The van der Waals surface area contributed by atoms with Gasteiger partial charge >= 0.3 is 0 Å². The molecule has 5 heteroatoms. The Morgan fingerprint density at radius 1 is 1.53 bits per heavy atom. The number of anilines is 1. The molecular formula is C12H17BrN2O2. The summed E-state index contributed by atoms with van der Waals surface area (Å²) in [6.45, 7) is 4.16. The molecule has 0 unspecified atom stereocenters. The minimum absolute atomic E-state index is 0.0859. The molecule has 0 spiro atoms. The molecule has 0 bridgehead atoms. The predicted molar refractivity (Wildman–Crippen MR) is 71.1 cm³/mol. The van der Waals surface area contributed by atoms with Gasteiger partial charge in [0, 0.05) is 30.4 Å². The zero-order chi connectivity index (χ0) is 12.4. The molecule has 2 rings (SSSR count). The molecule has 2 N–H and O–H groups in total. The van der Waals surface area contributed by atoms with E-state index in [0.717, 1.165) is 42.6 Å². The van der Waals surface area contributed by atoms with Crippen LogP contribution in [-0.4, -0.2) is 17.8 Å². The highest BCUT2D eigenvalue weighted by atomic mass is 79.9. The lowest BCUT2D eigenvalue weighted by Gasteiger charge is -2.23. The second kappa shape index (κ2) is 5.23. The van der Waals surface area contributed by atoms with Crippen molar-refractivity contribution in [2.24, 2.45) is 5.92 Å². The van der Waals surface area contributed by atoms with Crippen molar-refractivity contribution < 1.29 is 4.74 Å². The molecule has 1 saturated heterocycles. The zero-order valence-corrected chi connectivity index (χ0v) is 11.5. The van der Waals surface area contributed by atoms with Crippen molar-refractivity contribution in [2.75, 3.05) is 18.9 Å². The third-order valence-electron chi connectivity index (χ3n) is 3.32. The van der Waals surface area contributed by atoms with Crippen LogP contribution >= 0.6 is 15.9 Å². The molecule has 4 nitrogen and oxygen atoms in total. The summed E-state index contributed by atoms with van der Waals surface area (Å²) in [7, 11) is 0. The van der Waals surface area contributed by atoms with E-state index in [-0.39, 0.29) is 5.56 Å². The summed E-state index contributed by atoms with van der Waals surface area (Å²) in [6.07, 6.45) is 3.86. The highest BCUT2D eigenvalue weighted by molar-refractivity contribution is 9.10. The second-order valence-electron chi connectivity index (χ2n) is 4.53. The predicted octanol–water partition coefficient (Wildman–Crippen LogP) is 1.93. The summed E-state index contributed by atoms with van der Waals surface area (Å²) < 4.78 is 7.91. The maximum Gasteiger partial charge on any atom is 0.274 e. The van der Waals surface area contributed by atoms with Crippen LogP contribution in [0.2, 0.25) is 0 Å². The third kappa shape index (κ3) is 2.72. The van der Waals surface area contributed by atoms with Gasteiger partial charge < -0.3 is 15.0 Å². The van der Waals surface area contributed by atoms with Gasteiger partial charge in [-0.3, -0.25) is 4.79 Å². The monoisotopic (exact) mass is 300 g/mol. The quantitative estimate of drug-likeness (QED) is 0.908. The van der Waals surface area contributed by atoms with Gasteiger partial charge in [0.1, 0.15) is 5.69 Å². The summed E-state index contributed by atoms with van der Waals surface area (Å²) in [5.74, 6) is 0.510. The highest BCUT2D eigenvalue weighted by Gasteiger charge is 2.16. The molecule has 0 saturated carbocycles. The summed E-state index contributed by atoms with van der Waals surface area (Å²) in [5, 5.41) is 0. The number of pyridine rings is 1. The van der Waals surface area contributed by atoms with Gasteiger partial charge in [-0.2, -0.15) is 0 Å².